The maximum atomic E-state index is 13.0. The summed E-state index contributed by atoms with van der Waals surface area (Å²) in [4.78, 5) is 0. The molecule has 1 N–H and O–H groups in total. The van der Waals surface area contributed by atoms with Gasteiger partial charge in [-0.15, -0.1) is 6.42 Å². The van der Waals surface area contributed by atoms with E-state index in [1.807, 2.05) is 30.3 Å². The summed E-state index contributed by atoms with van der Waals surface area (Å²) < 4.78 is 13.0. The van der Waals surface area contributed by atoms with Crippen LogP contribution in [-0.4, -0.2) is 11.7 Å². The van der Waals surface area contributed by atoms with Gasteiger partial charge in [-0.1, -0.05) is 48.4 Å². The van der Waals surface area contributed by atoms with E-state index in [4.69, 9.17) is 6.42 Å². The van der Waals surface area contributed by atoms with Crippen LogP contribution in [0.15, 0.2) is 54.6 Å². The topological polar surface area (TPSA) is 20.2 Å². The zero-order valence-corrected chi connectivity index (χ0v) is 11.2. The number of rotatable bonds is 5. The molecular weight excluding hydrogens is 251 g/mol. The molecule has 0 radical (unpaired) electrons. The first kappa shape index (κ1) is 14.3. The Morgan fingerprint density at radius 1 is 1.05 bits per heavy atom. The van der Waals surface area contributed by atoms with Crippen molar-refractivity contribution < 1.29 is 9.50 Å². The highest BCUT2D eigenvalue weighted by Crippen LogP contribution is 2.27. The Balaban J connectivity index is 2.20. The van der Waals surface area contributed by atoms with Gasteiger partial charge in [-0.2, -0.15) is 0 Å². The number of aliphatic hydroxyl groups is 1. The highest BCUT2D eigenvalue weighted by Gasteiger charge is 2.21. The van der Waals surface area contributed by atoms with Crippen LogP contribution in [0.3, 0.4) is 0 Å². The van der Waals surface area contributed by atoms with Crippen molar-refractivity contribution in [2.24, 2.45) is 5.92 Å². The van der Waals surface area contributed by atoms with Gasteiger partial charge in [-0.25, -0.2) is 4.39 Å². The SMILES string of the molecule is C#C[C@@H](c1ccc(F)cc1)[C@H](CO)Cc1ccccc1. The molecule has 0 saturated carbocycles. The molecule has 2 aromatic carbocycles. The Labute approximate surface area is 119 Å². The van der Waals surface area contributed by atoms with Crippen LogP contribution in [0.4, 0.5) is 4.39 Å². The monoisotopic (exact) mass is 268 g/mol. The van der Waals surface area contributed by atoms with Gasteiger partial charge in [0.15, 0.2) is 0 Å². The van der Waals surface area contributed by atoms with Gasteiger partial charge in [0.1, 0.15) is 5.82 Å². The predicted octanol–water partition coefficient (Wildman–Crippen LogP) is 3.39. The average Bonchev–Trinajstić information content (AvgIpc) is 2.49. The Hall–Kier alpha value is -2.11. The second-order valence-electron chi connectivity index (χ2n) is 4.83. The zero-order valence-electron chi connectivity index (χ0n) is 11.2. The molecule has 0 aliphatic heterocycles. The van der Waals surface area contributed by atoms with Crippen molar-refractivity contribution in [1.29, 1.82) is 0 Å². The first-order chi connectivity index (χ1) is 9.74. The van der Waals surface area contributed by atoms with Crippen molar-refractivity contribution in [2.45, 2.75) is 12.3 Å². The number of terminal acetylenes is 1. The fraction of sp³-hybridized carbons (Fsp3) is 0.222. The molecule has 20 heavy (non-hydrogen) atoms. The van der Waals surface area contributed by atoms with Crippen LogP contribution in [0.2, 0.25) is 0 Å². The summed E-state index contributed by atoms with van der Waals surface area (Å²) in [5, 5.41) is 9.64. The number of hydrogen-bond acceptors (Lipinski definition) is 1. The van der Waals surface area contributed by atoms with Gasteiger partial charge in [-0.3, -0.25) is 0 Å². The van der Waals surface area contributed by atoms with Crippen LogP contribution in [0.5, 0.6) is 0 Å². The number of hydrogen-bond donors (Lipinski definition) is 1. The first-order valence-electron chi connectivity index (χ1n) is 6.61. The van der Waals surface area contributed by atoms with Crippen LogP contribution in [0, 0.1) is 24.1 Å². The van der Waals surface area contributed by atoms with Crippen molar-refractivity contribution in [1.82, 2.24) is 0 Å². The minimum Gasteiger partial charge on any atom is -0.396 e. The summed E-state index contributed by atoms with van der Waals surface area (Å²) >= 11 is 0. The molecule has 2 aromatic rings. The van der Waals surface area contributed by atoms with Crippen molar-refractivity contribution >= 4 is 0 Å². The molecule has 0 aromatic heterocycles. The summed E-state index contributed by atoms with van der Waals surface area (Å²) in [6, 6.07) is 16.1. The van der Waals surface area contributed by atoms with E-state index in [0.29, 0.717) is 6.42 Å². The van der Waals surface area contributed by atoms with E-state index < -0.39 is 0 Å². The van der Waals surface area contributed by atoms with Crippen LogP contribution in [0.1, 0.15) is 17.0 Å². The Kier molecular flexibility index (Phi) is 4.92. The van der Waals surface area contributed by atoms with E-state index in [0.717, 1.165) is 11.1 Å². The standard InChI is InChI=1S/C18H17FO/c1-2-18(15-8-10-17(19)11-9-15)16(13-20)12-14-6-4-3-5-7-14/h1,3-11,16,18,20H,12-13H2/t16-,18-/m0/s1. The molecule has 2 rings (SSSR count). The van der Waals surface area contributed by atoms with Gasteiger partial charge >= 0.3 is 0 Å². The normalized spacial score (nSPS) is 13.4. The molecule has 0 spiro atoms. The Morgan fingerprint density at radius 2 is 1.70 bits per heavy atom. The molecule has 2 heteroatoms. The summed E-state index contributed by atoms with van der Waals surface area (Å²) in [6.45, 7) is 0.00113. The van der Waals surface area contributed by atoms with Crippen molar-refractivity contribution in [2.75, 3.05) is 6.61 Å². The quantitative estimate of drug-likeness (QED) is 0.824. The maximum absolute atomic E-state index is 13.0. The van der Waals surface area contributed by atoms with Crippen LogP contribution in [-0.2, 0) is 6.42 Å². The lowest BCUT2D eigenvalue weighted by molar-refractivity contribution is 0.216. The number of benzene rings is 2. The highest BCUT2D eigenvalue weighted by molar-refractivity contribution is 5.29. The molecule has 0 aliphatic rings. The van der Waals surface area contributed by atoms with E-state index in [1.165, 1.54) is 12.1 Å². The Bertz CT molecular complexity index is 569. The highest BCUT2D eigenvalue weighted by atomic mass is 19.1. The fourth-order valence-electron chi connectivity index (χ4n) is 2.38. The van der Waals surface area contributed by atoms with Crippen LogP contribution < -0.4 is 0 Å². The zero-order chi connectivity index (χ0) is 14.4. The van der Waals surface area contributed by atoms with Crippen molar-refractivity contribution in [3.8, 4) is 12.3 Å². The minimum absolute atomic E-state index is 0.00113. The molecule has 1 nitrogen and oxygen atoms in total. The van der Waals surface area contributed by atoms with Gasteiger partial charge in [0.2, 0.25) is 0 Å². The summed E-state index contributed by atoms with van der Waals surface area (Å²) in [5.41, 5.74) is 2.00. The van der Waals surface area contributed by atoms with E-state index in [2.05, 4.69) is 5.92 Å². The van der Waals surface area contributed by atoms with Crippen molar-refractivity contribution in [3.63, 3.8) is 0 Å². The summed E-state index contributed by atoms with van der Waals surface area (Å²) in [6.07, 6.45) is 6.32. The molecule has 102 valence electrons. The molecule has 0 fully saturated rings. The van der Waals surface area contributed by atoms with Crippen molar-refractivity contribution in [3.05, 3.63) is 71.5 Å². The smallest absolute Gasteiger partial charge is 0.123 e. The van der Waals surface area contributed by atoms with Crippen LogP contribution >= 0.6 is 0 Å². The van der Waals surface area contributed by atoms with E-state index >= 15 is 0 Å². The molecule has 2 atom stereocenters. The van der Waals surface area contributed by atoms with E-state index in [9.17, 15) is 9.50 Å². The lowest BCUT2D eigenvalue weighted by Crippen LogP contribution is -2.18. The van der Waals surface area contributed by atoms with Gasteiger partial charge in [-0.05, 0) is 29.7 Å². The third kappa shape index (κ3) is 3.46. The second kappa shape index (κ2) is 6.88. The lowest BCUT2D eigenvalue weighted by Gasteiger charge is -2.21. The number of halogens is 1. The van der Waals surface area contributed by atoms with E-state index in [1.54, 1.807) is 12.1 Å². The van der Waals surface area contributed by atoms with Gasteiger partial charge in [0.25, 0.3) is 0 Å². The fourth-order valence-corrected chi connectivity index (χ4v) is 2.38. The average molecular weight is 268 g/mol. The predicted molar refractivity (Wildman–Crippen MR) is 78.7 cm³/mol. The summed E-state index contributed by atoms with van der Waals surface area (Å²) in [5.74, 6) is 2.14. The lowest BCUT2D eigenvalue weighted by atomic mass is 9.83. The number of aliphatic hydroxyl groups excluding tert-OH is 1. The van der Waals surface area contributed by atoms with Gasteiger partial charge < -0.3 is 5.11 Å². The Morgan fingerprint density at radius 3 is 2.25 bits per heavy atom. The molecule has 0 heterocycles. The molecule has 0 saturated heterocycles. The molecular formula is C18H17FO. The van der Waals surface area contributed by atoms with E-state index in [-0.39, 0.29) is 24.3 Å². The first-order valence-corrected chi connectivity index (χ1v) is 6.61. The third-order valence-electron chi connectivity index (χ3n) is 3.46. The van der Waals surface area contributed by atoms with Gasteiger partial charge in [0.05, 0.1) is 5.92 Å². The molecule has 0 unspecified atom stereocenters. The molecule has 0 amide bonds. The molecule has 0 bridgehead atoms. The second-order valence-corrected chi connectivity index (χ2v) is 4.83. The van der Waals surface area contributed by atoms with Crippen LogP contribution in [0.25, 0.3) is 0 Å². The minimum atomic E-state index is -0.284. The maximum Gasteiger partial charge on any atom is 0.123 e. The summed E-state index contributed by atoms with van der Waals surface area (Å²) in [7, 11) is 0. The largest absolute Gasteiger partial charge is 0.396 e. The third-order valence-corrected chi connectivity index (χ3v) is 3.46. The van der Waals surface area contributed by atoms with Gasteiger partial charge in [0, 0.05) is 12.5 Å². The molecule has 0 aliphatic carbocycles.